The van der Waals surface area contributed by atoms with Crippen LogP contribution in [0.15, 0.2) is 34.9 Å². The first-order chi connectivity index (χ1) is 8.60. The van der Waals surface area contributed by atoms with Crippen LogP contribution in [-0.4, -0.2) is 0 Å². The fraction of sp³-hybridized carbons (Fsp3) is 0.167. The van der Waals surface area contributed by atoms with Crippen LogP contribution in [0.25, 0.3) is 0 Å². The predicted molar refractivity (Wildman–Crippen MR) is 63.8 cm³/mol. The van der Waals surface area contributed by atoms with Crippen molar-refractivity contribution in [3.05, 3.63) is 58.5 Å². The summed E-state index contributed by atoms with van der Waals surface area (Å²) < 4.78 is 31.1. The summed E-state index contributed by atoms with van der Waals surface area (Å²) >= 11 is 5.83. The standard InChI is InChI=1S/C12H11ClF2N2O/c13-12-10(1-2-18-12)11(17-16)5-7-3-8(14)6-9(15)4-7/h1-4,6,11,17H,5,16H2. The number of furan rings is 1. The lowest BCUT2D eigenvalue weighted by Gasteiger charge is -2.14. The Labute approximate surface area is 108 Å². The van der Waals surface area contributed by atoms with Crippen LogP contribution in [0.4, 0.5) is 8.78 Å². The van der Waals surface area contributed by atoms with Gasteiger partial charge in [-0.2, -0.15) is 0 Å². The van der Waals surface area contributed by atoms with E-state index in [4.69, 9.17) is 21.9 Å². The van der Waals surface area contributed by atoms with Crippen LogP contribution in [0.1, 0.15) is 17.2 Å². The molecule has 0 amide bonds. The van der Waals surface area contributed by atoms with Crippen LogP contribution >= 0.6 is 11.6 Å². The molecule has 0 aliphatic carbocycles. The van der Waals surface area contributed by atoms with Gasteiger partial charge < -0.3 is 4.42 Å². The molecule has 96 valence electrons. The molecule has 0 saturated carbocycles. The Morgan fingerprint density at radius 1 is 1.28 bits per heavy atom. The normalized spacial score (nSPS) is 12.7. The molecule has 0 spiro atoms. The number of nitrogens with two attached hydrogens (primary N) is 1. The van der Waals surface area contributed by atoms with Crippen molar-refractivity contribution in [1.29, 1.82) is 0 Å². The van der Waals surface area contributed by atoms with Crippen LogP contribution in [0.3, 0.4) is 0 Å². The number of hydrogen-bond acceptors (Lipinski definition) is 3. The Balaban J connectivity index is 2.23. The van der Waals surface area contributed by atoms with E-state index in [1.165, 1.54) is 18.4 Å². The third kappa shape index (κ3) is 2.87. The zero-order chi connectivity index (χ0) is 13.1. The summed E-state index contributed by atoms with van der Waals surface area (Å²) in [7, 11) is 0. The van der Waals surface area contributed by atoms with Crippen LogP contribution in [-0.2, 0) is 6.42 Å². The SMILES string of the molecule is NNC(Cc1cc(F)cc(F)c1)c1ccoc1Cl. The number of hydrazine groups is 1. The molecular weight excluding hydrogens is 262 g/mol. The van der Waals surface area contributed by atoms with Gasteiger partial charge in [0.1, 0.15) is 11.6 Å². The Morgan fingerprint density at radius 3 is 2.44 bits per heavy atom. The molecule has 3 N–H and O–H groups in total. The molecule has 1 heterocycles. The quantitative estimate of drug-likeness (QED) is 0.665. The van der Waals surface area contributed by atoms with E-state index in [0.717, 1.165) is 6.07 Å². The molecule has 0 aliphatic heterocycles. The van der Waals surface area contributed by atoms with Gasteiger partial charge in [-0.3, -0.25) is 11.3 Å². The zero-order valence-electron chi connectivity index (χ0n) is 9.29. The maximum absolute atomic E-state index is 13.1. The Bertz CT molecular complexity index is 524. The lowest BCUT2D eigenvalue weighted by atomic mass is 10.0. The minimum atomic E-state index is -0.626. The van der Waals surface area contributed by atoms with Crippen molar-refractivity contribution in [1.82, 2.24) is 5.43 Å². The lowest BCUT2D eigenvalue weighted by Crippen LogP contribution is -2.29. The first-order valence-electron chi connectivity index (χ1n) is 5.24. The van der Waals surface area contributed by atoms with Gasteiger partial charge in [0.15, 0.2) is 5.22 Å². The molecule has 18 heavy (non-hydrogen) atoms. The molecular formula is C12H11ClF2N2O. The zero-order valence-corrected chi connectivity index (χ0v) is 10.0. The summed E-state index contributed by atoms with van der Waals surface area (Å²) in [6.07, 6.45) is 1.72. The monoisotopic (exact) mass is 272 g/mol. The second kappa shape index (κ2) is 5.48. The van der Waals surface area contributed by atoms with E-state index < -0.39 is 11.6 Å². The van der Waals surface area contributed by atoms with Gasteiger partial charge in [-0.1, -0.05) is 0 Å². The predicted octanol–water partition coefficient (Wildman–Crippen LogP) is 2.96. The molecule has 0 bridgehead atoms. The van der Waals surface area contributed by atoms with Gasteiger partial charge in [-0.05, 0) is 41.8 Å². The van der Waals surface area contributed by atoms with Crippen LogP contribution in [0.2, 0.25) is 5.22 Å². The van der Waals surface area contributed by atoms with Gasteiger partial charge in [0.25, 0.3) is 0 Å². The lowest BCUT2D eigenvalue weighted by molar-refractivity contribution is 0.522. The Morgan fingerprint density at radius 2 is 1.94 bits per heavy atom. The van der Waals surface area contributed by atoms with Crippen molar-refractivity contribution < 1.29 is 13.2 Å². The van der Waals surface area contributed by atoms with Crippen molar-refractivity contribution >= 4 is 11.6 Å². The molecule has 2 aromatic rings. The van der Waals surface area contributed by atoms with Crippen molar-refractivity contribution in [3.8, 4) is 0 Å². The summed E-state index contributed by atoms with van der Waals surface area (Å²) in [5, 5.41) is 0.204. The van der Waals surface area contributed by atoms with E-state index in [1.807, 2.05) is 0 Å². The van der Waals surface area contributed by atoms with E-state index >= 15 is 0 Å². The third-order valence-electron chi connectivity index (χ3n) is 2.58. The highest BCUT2D eigenvalue weighted by Crippen LogP contribution is 2.26. The highest BCUT2D eigenvalue weighted by molar-refractivity contribution is 6.29. The van der Waals surface area contributed by atoms with E-state index in [9.17, 15) is 8.78 Å². The summed E-state index contributed by atoms with van der Waals surface area (Å²) in [6, 6.07) is 4.60. The molecule has 0 saturated heterocycles. The number of benzene rings is 1. The molecule has 0 aliphatic rings. The fourth-order valence-corrected chi connectivity index (χ4v) is 2.02. The minimum absolute atomic E-state index is 0.204. The minimum Gasteiger partial charge on any atom is -0.453 e. The summed E-state index contributed by atoms with van der Waals surface area (Å²) in [6.45, 7) is 0. The van der Waals surface area contributed by atoms with Crippen molar-refractivity contribution in [2.75, 3.05) is 0 Å². The second-order valence-corrected chi connectivity index (χ2v) is 4.19. The maximum Gasteiger partial charge on any atom is 0.197 e. The van der Waals surface area contributed by atoms with Gasteiger partial charge in [-0.25, -0.2) is 8.78 Å². The molecule has 1 aromatic carbocycles. The summed E-state index contributed by atoms with van der Waals surface area (Å²) in [5.41, 5.74) is 3.67. The topological polar surface area (TPSA) is 51.2 Å². The Hall–Kier alpha value is -1.43. The molecule has 1 aromatic heterocycles. The van der Waals surface area contributed by atoms with Crippen molar-refractivity contribution in [2.45, 2.75) is 12.5 Å². The second-order valence-electron chi connectivity index (χ2n) is 3.85. The Kier molecular flexibility index (Phi) is 3.96. The summed E-state index contributed by atoms with van der Waals surface area (Å²) in [5.74, 6) is 4.17. The van der Waals surface area contributed by atoms with Gasteiger partial charge in [-0.15, -0.1) is 0 Å². The average Bonchev–Trinajstić information content (AvgIpc) is 2.71. The number of rotatable bonds is 4. The smallest absolute Gasteiger partial charge is 0.197 e. The first kappa shape index (κ1) is 13.0. The maximum atomic E-state index is 13.1. The number of nitrogens with one attached hydrogen (secondary N) is 1. The molecule has 0 radical (unpaired) electrons. The van der Waals surface area contributed by atoms with Crippen LogP contribution < -0.4 is 11.3 Å². The third-order valence-corrected chi connectivity index (χ3v) is 2.89. The molecule has 1 atom stereocenters. The van der Waals surface area contributed by atoms with Crippen LogP contribution in [0, 0.1) is 11.6 Å². The molecule has 1 unspecified atom stereocenters. The van der Waals surface area contributed by atoms with Crippen LogP contribution in [0.5, 0.6) is 0 Å². The largest absolute Gasteiger partial charge is 0.453 e. The molecule has 6 heteroatoms. The van der Waals surface area contributed by atoms with Gasteiger partial charge in [0.2, 0.25) is 0 Å². The molecule has 3 nitrogen and oxygen atoms in total. The number of halogens is 3. The average molecular weight is 273 g/mol. The van der Waals surface area contributed by atoms with E-state index in [2.05, 4.69) is 5.43 Å². The highest BCUT2D eigenvalue weighted by atomic mass is 35.5. The highest BCUT2D eigenvalue weighted by Gasteiger charge is 2.17. The van der Waals surface area contributed by atoms with Gasteiger partial charge in [0, 0.05) is 11.6 Å². The molecule has 2 rings (SSSR count). The van der Waals surface area contributed by atoms with E-state index in [-0.39, 0.29) is 11.3 Å². The first-order valence-corrected chi connectivity index (χ1v) is 5.62. The number of hydrogen-bond donors (Lipinski definition) is 2. The van der Waals surface area contributed by atoms with Crippen molar-refractivity contribution in [2.24, 2.45) is 5.84 Å². The van der Waals surface area contributed by atoms with E-state index in [1.54, 1.807) is 6.07 Å². The summed E-state index contributed by atoms with van der Waals surface area (Å²) in [4.78, 5) is 0. The van der Waals surface area contributed by atoms with Crippen molar-refractivity contribution in [3.63, 3.8) is 0 Å². The fourth-order valence-electron chi connectivity index (χ4n) is 1.78. The van der Waals surface area contributed by atoms with E-state index in [0.29, 0.717) is 17.5 Å². The van der Waals surface area contributed by atoms with Gasteiger partial charge in [0.05, 0.1) is 12.3 Å². The van der Waals surface area contributed by atoms with Gasteiger partial charge >= 0.3 is 0 Å². The molecule has 0 fully saturated rings.